The molecule has 6 aliphatic rings. The van der Waals surface area contributed by atoms with Gasteiger partial charge in [-0.2, -0.15) is 0 Å². The Bertz CT molecular complexity index is 3390. The van der Waals surface area contributed by atoms with E-state index in [-0.39, 0.29) is 43.6 Å². The van der Waals surface area contributed by atoms with E-state index in [2.05, 4.69) is 22.8 Å². The molecule has 16 nitrogen and oxygen atoms in total. The number of carbonyl (C=O) groups excluding carboxylic acids is 4. The second kappa shape index (κ2) is 20.4. The van der Waals surface area contributed by atoms with Gasteiger partial charge in [-0.15, -0.1) is 0 Å². The van der Waals surface area contributed by atoms with Gasteiger partial charge in [0.15, 0.2) is 11.5 Å². The molecule has 0 unspecified atom stereocenters. The number of phenolic OH excluding ortho intramolecular Hbond substituents is 1. The van der Waals surface area contributed by atoms with E-state index in [0.29, 0.717) is 59.0 Å². The predicted octanol–water partition coefficient (Wildman–Crippen LogP) is 9.23. The van der Waals surface area contributed by atoms with Gasteiger partial charge in [0.1, 0.15) is 29.9 Å². The van der Waals surface area contributed by atoms with Gasteiger partial charge >= 0.3 is 12.1 Å². The second-order valence-electron chi connectivity index (χ2n) is 20.2. The Hall–Kier alpha value is -8.78. The number of allylic oxidation sites excluding steroid dienone is 2. The van der Waals surface area contributed by atoms with Gasteiger partial charge in [-0.05, 0) is 119 Å². The van der Waals surface area contributed by atoms with E-state index in [1.807, 2.05) is 83.8 Å². The molecular formula is C61H53N5O11. The van der Waals surface area contributed by atoms with Crippen molar-refractivity contribution in [1.82, 2.24) is 14.7 Å². The van der Waals surface area contributed by atoms with E-state index in [1.165, 1.54) is 36.4 Å². The van der Waals surface area contributed by atoms with Gasteiger partial charge in [-0.1, -0.05) is 96.8 Å². The molecule has 3 fully saturated rings. The summed E-state index contributed by atoms with van der Waals surface area (Å²) in [6, 6.07) is 38.4. The van der Waals surface area contributed by atoms with E-state index >= 15 is 19.2 Å². The highest BCUT2D eigenvalue weighted by Gasteiger charge is 2.76. The first-order chi connectivity index (χ1) is 37.6. The van der Waals surface area contributed by atoms with Crippen LogP contribution in [0.2, 0.25) is 0 Å². The van der Waals surface area contributed by atoms with Crippen LogP contribution in [0.5, 0.6) is 17.2 Å². The molecule has 3 amide bonds. The van der Waals surface area contributed by atoms with E-state index in [0.717, 1.165) is 47.3 Å². The molecule has 5 heterocycles. The molecule has 5 aliphatic heterocycles. The average molecular weight is 1030 g/mol. The molecule has 6 atom stereocenters. The van der Waals surface area contributed by atoms with Crippen molar-refractivity contribution in [3.63, 3.8) is 0 Å². The Morgan fingerprint density at radius 1 is 0.753 bits per heavy atom. The molecule has 0 bridgehead atoms. The first kappa shape index (κ1) is 49.1. The summed E-state index contributed by atoms with van der Waals surface area (Å²) < 4.78 is 23.8. The Morgan fingerprint density at radius 2 is 1.47 bits per heavy atom. The monoisotopic (exact) mass is 1030 g/mol. The van der Waals surface area contributed by atoms with Gasteiger partial charge in [0.05, 0.1) is 28.6 Å². The van der Waals surface area contributed by atoms with E-state index in [1.54, 1.807) is 35.2 Å². The number of hydrogen-bond donors (Lipinski definition) is 1. The number of non-ortho nitro benzene ring substituents is 1. The predicted molar refractivity (Wildman–Crippen MR) is 281 cm³/mol. The van der Waals surface area contributed by atoms with Gasteiger partial charge < -0.3 is 29.0 Å². The van der Waals surface area contributed by atoms with Crippen LogP contribution < -0.4 is 14.4 Å². The topological polar surface area (TPSA) is 182 Å². The van der Waals surface area contributed by atoms with Crippen LogP contribution in [-0.4, -0.2) is 87.6 Å². The third-order valence-corrected chi connectivity index (χ3v) is 15.8. The van der Waals surface area contributed by atoms with Crippen molar-refractivity contribution >= 4 is 35.3 Å². The lowest BCUT2D eigenvalue weighted by Gasteiger charge is -2.46. The van der Waals surface area contributed by atoms with Crippen molar-refractivity contribution in [1.29, 1.82) is 0 Å². The summed E-state index contributed by atoms with van der Waals surface area (Å²) in [7, 11) is 0. The van der Waals surface area contributed by atoms with Crippen LogP contribution in [0.25, 0.3) is 0 Å². The van der Waals surface area contributed by atoms with E-state index < -0.39 is 64.4 Å². The number of piperazine rings is 1. The first-order valence-electron chi connectivity index (χ1n) is 25.9. The number of hydrogen-bond acceptors (Lipinski definition) is 13. The molecule has 0 aromatic heterocycles. The zero-order chi connectivity index (χ0) is 52.8. The molecule has 6 aromatic carbocycles. The highest BCUT2D eigenvalue weighted by molar-refractivity contribution is 6.23. The molecule has 12 rings (SSSR count). The Balaban J connectivity index is 1.04. The largest absolute Gasteiger partial charge is 0.508 e. The van der Waals surface area contributed by atoms with Gasteiger partial charge in [0, 0.05) is 50.4 Å². The molecule has 0 radical (unpaired) electrons. The molecule has 3 saturated heterocycles. The second-order valence-corrected chi connectivity index (χ2v) is 20.2. The fourth-order valence-corrected chi connectivity index (χ4v) is 12.2. The number of ether oxygens (including phenoxy) is 4. The van der Waals surface area contributed by atoms with Gasteiger partial charge in [0.25, 0.3) is 5.69 Å². The van der Waals surface area contributed by atoms with Crippen LogP contribution in [0, 0.1) is 27.9 Å². The van der Waals surface area contributed by atoms with Crippen LogP contribution in [0.15, 0.2) is 157 Å². The third kappa shape index (κ3) is 8.90. The fourth-order valence-electron chi connectivity index (χ4n) is 12.2. The lowest BCUT2D eigenvalue weighted by atomic mass is 9.64. The smallest absolute Gasteiger partial charge is 0.421 e. The average Bonchev–Trinajstić information content (AvgIpc) is 3.70. The molecule has 1 spiro atoms. The maximum atomic E-state index is 16.8. The van der Waals surface area contributed by atoms with Gasteiger partial charge in [0.2, 0.25) is 18.6 Å². The van der Waals surface area contributed by atoms with Crippen molar-refractivity contribution in [3.05, 3.63) is 206 Å². The summed E-state index contributed by atoms with van der Waals surface area (Å²) in [6.07, 6.45) is 3.95. The molecule has 0 saturated carbocycles. The SMILES string of the molecule is O=C1O[C@@H](c2ccccc2)[C@@H](c2ccccc2)N2[C@@H](c3ccc(O)cc3)[C@]3(C(=O)N(C(=O)OCc4ccc([N+](=O)[O-])cc4)c4ccc(C#CC5=CCCCC5)cc43)[C@@H](C(=O)N3CCN(Cc4ccc5c(c4)OCO5)CC3)[C@H]12. The van der Waals surface area contributed by atoms with Crippen LogP contribution in [0.1, 0.15) is 82.8 Å². The number of carbonyl (C=O) groups is 4. The van der Waals surface area contributed by atoms with E-state index in [4.69, 9.17) is 18.9 Å². The molecule has 388 valence electrons. The van der Waals surface area contributed by atoms with Crippen molar-refractivity contribution in [2.45, 2.75) is 68.5 Å². The highest BCUT2D eigenvalue weighted by Crippen LogP contribution is 2.66. The number of imide groups is 1. The van der Waals surface area contributed by atoms with Crippen molar-refractivity contribution < 1.29 is 48.2 Å². The number of anilines is 1. The lowest BCUT2D eigenvalue weighted by Crippen LogP contribution is -2.59. The standard InChI is InChI=1S/C61H53N5O11/c67-47-26-22-45(23-27-47)56-61(48-34-40(17-16-39-10-4-1-5-11-39)20-28-49(48)64(59(61)70)60(71)74-37-41-18-24-46(25-19-41)66(72)73)52(57(68)63-32-30-62(31-33-63)36-42-21-29-50-51(35-42)76-38-75-50)54-58(69)77-55(44-14-8-3-9-15-44)53(65(54)56)43-12-6-2-7-13-43/h2-3,6-10,12-15,18-29,34-35,52-56,67H,1,4-5,11,30-33,36-38H2/t52-,53-,54-,55+,56+,61-/m1/s1. The number of aromatic hydroxyl groups is 1. The maximum absolute atomic E-state index is 16.8. The molecule has 77 heavy (non-hydrogen) atoms. The molecule has 1 aliphatic carbocycles. The lowest BCUT2D eigenvalue weighted by molar-refractivity contribution is -0.384. The van der Waals surface area contributed by atoms with Crippen molar-refractivity contribution in [2.75, 3.05) is 37.9 Å². The minimum Gasteiger partial charge on any atom is -0.508 e. The quantitative estimate of drug-likeness (QED) is 0.0627. The number of nitro groups is 1. The number of nitro benzene ring substituents is 1. The van der Waals surface area contributed by atoms with Crippen LogP contribution in [0.4, 0.5) is 16.2 Å². The van der Waals surface area contributed by atoms with Gasteiger partial charge in [-0.25, -0.2) is 9.69 Å². The third-order valence-electron chi connectivity index (χ3n) is 15.8. The number of nitrogens with zero attached hydrogens (tertiary/aromatic N) is 5. The number of benzene rings is 6. The summed E-state index contributed by atoms with van der Waals surface area (Å²) in [4.78, 5) is 81.8. The normalized spacial score (nSPS) is 23.6. The van der Waals surface area contributed by atoms with Crippen LogP contribution in [0.3, 0.4) is 0 Å². The Kier molecular flexibility index (Phi) is 13.0. The van der Waals surface area contributed by atoms with Gasteiger partial charge in [-0.3, -0.25) is 34.3 Å². The number of amides is 3. The molecule has 1 N–H and O–H groups in total. The Morgan fingerprint density at radius 3 is 2.18 bits per heavy atom. The van der Waals surface area contributed by atoms with E-state index in [9.17, 15) is 15.2 Å². The molecule has 16 heteroatoms. The maximum Gasteiger partial charge on any atom is 0.421 e. The summed E-state index contributed by atoms with van der Waals surface area (Å²) in [5, 5.41) is 22.4. The first-order valence-corrected chi connectivity index (χ1v) is 25.9. The zero-order valence-electron chi connectivity index (χ0n) is 41.9. The molecule has 6 aromatic rings. The summed E-state index contributed by atoms with van der Waals surface area (Å²) in [5.74, 6) is 4.49. The highest BCUT2D eigenvalue weighted by atomic mass is 16.7. The summed E-state index contributed by atoms with van der Waals surface area (Å²) >= 11 is 0. The summed E-state index contributed by atoms with van der Waals surface area (Å²) in [5.41, 5.74) is 3.09. The number of cyclic esters (lactones) is 1. The summed E-state index contributed by atoms with van der Waals surface area (Å²) in [6.45, 7) is 1.80. The van der Waals surface area contributed by atoms with Crippen molar-refractivity contribution in [3.8, 4) is 29.1 Å². The number of esters is 1. The van der Waals surface area contributed by atoms with Crippen LogP contribution >= 0.6 is 0 Å². The number of morpholine rings is 1. The number of rotatable bonds is 9. The number of phenols is 1. The Labute approximate surface area is 444 Å². The minimum absolute atomic E-state index is 0.0485. The van der Waals surface area contributed by atoms with Crippen molar-refractivity contribution in [2.24, 2.45) is 5.92 Å². The number of fused-ring (bicyclic) bond motifs is 4. The van der Waals surface area contributed by atoms with Crippen LogP contribution in [-0.2, 0) is 42.4 Å². The minimum atomic E-state index is -2.07. The molecular weight excluding hydrogens is 979 g/mol. The fraction of sp³-hybridized carbons (Fsp3) is 0.279. The zero-order valence-corrected chi connectivity index (χ0v) is 41.9.